The van der Waals surface area contributed by atoms with Gasteiger partial charge in [-0.3, -0.25) is 4.79 Å². The van der Waals surface area contributed by atoms with E-state index in [2.05, 4.69) is 13.8 Å². The van der Waals surface area contributed by atoms with Crippen LogP contribution in [0.3, 0.4) is 0 Å². The molecule has 0 bridgehead atoms. The Bertz CT molecular complexity index is 686. The van der Waals surface area contributed by atoms with E-state index in [4.69, 9.17) is 4.42 Å². The summed E-state index contributed by atoms with van der Waals surface area (Å²) in [4.78, 5) is 11.6. The fourth-order valence-corrected chi connectivity index (χ4v) is 2.44. The summed E-state index contributed by atoms with van der Waals surface area (Å²) in [5.41, 5.74) is 3.45. The van der Waals surface area contributed by atoms with Gasteiger partial charge in [-0.15, -0.1) is 0 Å². The van der Waals surface area contributed by atoms with Crippen molar-refractivity contribution < 1.29 is 22.4 Å². The van der Waals surface area contributed by atoms with E-state index in [0.717, 1.165) is 16.5 Å². The minimum atomic E-state index is -4.41. The lowest BCUT2D eigenvalue weighted by Crippen LogP contribution is -2.34. The van der Waals surface area contributed by atoms with Crippen molar-refractivity contribution in [2.45, 2.75) is 39.3 Å². The first-order valence-electron chi connectivity index (χ1n) is 7.01. The van der Waals surface area contributed by atoms with Gasteiger partial charge in [0.15, 0.2) is 0 Å². The van der Waals surface area contributed by atoms with Crippen molar-refractivity contribution in [3.05, 3.63) is 35.1 Å². The molecule has 2 aromatic rings. The van der Waals surface area contributed by atoms with Gasteiger partial charge >= 0.3 is 6.18 Å². The third-order valence-electron chi connectivity index (χ3n) is 3.50. The number of fused-ring (bicyclic) bond motifs is 1. The molecule has 1 aromatic heterocycles. The molecule has 1 N–H and O–H groups in total. The average molecular weight is 313 g/mol. The predicted octanol–water partition coefficient (Wildman–Crippen LogP) is 4.09. The summed E-state index contributed by atoms with van der Waals surface area (Å²) in [6.07, 6.45) is -3.11. The molecule has 0 radical (unpaired) electrons. The number of carbonyl (C=O) groups is 1. The third kappa shape index (κ3) is 3.81. The molecule has 6 heteroatoms. The summed E-state index contributed by atoms with van der Waals surface area (Å²) in [5, 5.41) is 2.64. The molecule has 22 heavy (non-hydrogen) atoms. The van der Waals surface area contributed by atoms with Gasteiger partial charge in [0.25, 0.3) is 0 Å². The molecule has 3 nitrogen and oxygen atoms in total. The van der Waals surface area contributed by atoms with Crippen LogP contribution in [0, 0.1) is 6.92 Å². The number of alkyl halides is 3. The highest BCUT2D eigenvalue weighted by atomic mass is 19.4. The molecule has 0 saturated heterocycles. The first-order valence-corrected chi connectivity index (χ1v) is 7.01. The van der Waals surface area contributed by atoms with Crippen LogP contribution in [0.4, 0.5) is 13.2 Å². The molecule has 1 amide bonds. The highest BCUT2D eigenvalue weighted by molar-refractivity contribution is 5.88. The molecule has 2 rings (SSSR count). The number of hydrogen-bond acceptors (Lipinski definition) is 2. The molecule has 0 aliphatic rings. The molecular formula is C16H18F3NO2. The second-order valence-electron chi connectivity index (χ2n) is 5.69. The number of rotatable bonds is 4. The summed E-state index contributed by atoms with van der Waals surface area (Å²) in [7, 11) is 0. The molecule has 0 saturated carbocycles. The standard InChI is InChI=1S/C16H18F3NO2/c1-9(2)12-6-13-11(7-22-14(13)4-10(12)3)5-15(21)20-8-16(17,18)19/h4,6-7,9H,5,8H2,1-3H3,(H,20,21). The van der Waals surface area contributed by atoms with Crippen molar-refractivity contribution in [2.75, 3.05) is 6.54 Å². The summed E-state index contributed by atoms with van der Waals surface area (Å²) in [6, 6.07) is 3.84. The Morgan fingerprint density at radius 1 is 1.32 bits per heavy atom. The largest absolute Gasteiger partial charge is 0.464 e. The van der Waals surface area contributed by atoms with E-state index in [1.54, 1.807) is 0 Å². The number of aryl methyl sites for hydroxylation is 1. The maximum Gasteiger partial charge on any atom is 0.405 e. The zero-order valence-corrected chi connectivity index (χ0v) is 12.7. The predicted molar refractivity (Wildman–Crippen MR) is 77.8 cm³/mol. The first kappa shape index (κ1) is 16.4. The van der Waals surface area contributed by atoms with Crippen LogP contribution in [0.5, 0.6) is 0 Å². The lowest BCUT2D eigenvalue weighted by molar-refractivity contribution is -0.138. The number of hydrogen-bond donors (Lipinski definition) is 1. The highest BCUT2D eigenvalue weighted by Crippen LogP contribution is 2.29. The Hall–Kier alpha value is -1.98. The van der Waals surface area contributed by atoms with Crippen LogP contribution in [0.1, 0.15) is 36.5 Å². The van der Waals surface area contributed by atoms with Gasteiger partial charge in [-0.25, -0.2) is 0 Å². The Kier molecular flexibility index (Phi) is 4.49. The van der Waals surface area contributed by atoms with E-state index >= 15 is 0 Å². The van der Waals surface area contributed by atoms with E-state index in [1.807, 2.05) is 24.4 Å². The molecular weight excluding hydrogens is 295 g/mol. The fraction of sp³-hybridized carbons (Fsp3) is 0.438. The summed E-state index contributed by atoms with van der Waals surface area (Å²) in [6.45, 7) is 4.78. The minimum Gasteiger partial charge on any atom is -0.464 e. The number of halogens is 3. The Morgan fingerprint density at radius 3 is 2.59 bits per heavy atom. The molecule has 1 aromatic carbocycles. The maximum absolute atomic E-state index is 12.1. The molecule has 120 valence electrons. The number of furan rings is 1. The number of amides is 1. The van der Waals surface area contributed by atoms with E-state index in [1.165, 1.54) is 6.26 Å². The Labute approximate surface area is 126 Å². The van der Waals surface area contributed by atoms with Gasteiger partial charge < -0.3 is 9.73 Å². The molecule has 0 fully saturated rings. The normalized spacial score (nSPS) is 12.1. The second-order valence-corrected chi connectivity index (χ2v) is 5.69. The van der Waals surface area contributed by atoms with Crippen LogP contribution in [0.25, 0.3) is 11.0 Å². The number of nitrogens with one attached hydrogen (secondary N) is 1. The van der Waals surface area contributed by atoms with E-state index in [-0.39, 0.29) is 6.42 Å². The molecule has 0 unspecified atom stereocenters. The number of carbonyl (C=O) groups excluding carboxylic acids is 1. The minimum absolute atomic E-state index is 0.135. The smallest absolute Gasteiger partial charge is 0.405 e. The van der Waals surface area contributed by atoms with Crippen molar-refractivity contribution in [2.24, 2.45) is 0 Å². The SMILES string of the molecule is Cc1cc2occ(CC(=O)NCC(F)(F)F)c2cc1C(C)C. The maximum atomic E-state index is 12.1. The van der Waals surface area contributed by atoms with Gasteiger partial charge in [-0.2, -0.15) is 13.2 Å². The molecule has 0 atom stereocenters. The quantitative estimate of drug-likeness (QED) is 0.924. The van der Waals surface area contributed by atoms with E-state index < -0.39 is 18.6 Å². The van der Waals surface area contributed by atoms with Crippen molar-refractivity contribution in [3.8, 4) is 0 Å². The van der Waals surface area contributed by atoms with Gasteiger partial charge in [0, 0.05) is 10.9 Å². The van der Waals surface area contributed by atoms with Crippen LogP contribution in [0.15, 0.2) is 22.8 Å². The second kappa shape index (κ2) is 6.02. The highest BCUT2D eigenvalue weighted by Gasteiger charge is 2.27. The van der Waals surface area contributed by atoms with Crippen molar-refractivity contribution >= 4 is 16.9 Å². The van der Waals surface area contributed by atoms with Gasteiger partial charge in [-0.05, 0) is 36.1 Å². The van der Waals surface area contributed by atoms with Gasteiger partial charge in [0.1, 0.15) is 12.1 Å². The molecule has 1 heterocycles. The zero-order chi connectivity index (χ0) is 16.5. The summed E-state index contributed by atoms with van der Waals surface area (Å²) >= 11 is 0. The average Bonchev–Trinajstić information content (AvgIpc) is 2.76. The monoisotopic (exact) mass is 313 g/mol. The molecule has 0 aliphatic heterocycles. The van der Waals surface area contributed by atoms with Gasteiger partial charge in [0.2, 0.25) is 5.91 Å². The third-order valence-corrected chi connectivity index (χ3v) is 3.50. The first-order chi connectivity index (χ1) is 10.2. The fourth-order valence-electron chi connectivity index (χ4n) is 2.44. The van der Waals surface area contributed by atoms with Crippen LogP contribution < -0.4 is 5.32 Å². The van der Waals surface area contributed by atoms with Crippen LogP contribution in [-0.2, 0) is 11.2 Å². The summed E-state index contributed by atoms with van der Waals surface area (Å²) in [5.74, 6) is -0.363. The molecule has 0 aliphatic carbocycles. The summed E-state index contributed by atoms with van der Waals surface area (Å²) < 4.78 is 41.7. The zero-order valence-electron chi connectivity index (χ0n) is 12.7. The Balaban J connectivity index is 2.21. The topological polar surface area (TPSA) is 42.2 Å². The van der Waals surface area contributed by atoms with E-state index in [0.29, 0.717) is 17.1 Å². The van der Waals surface area contributed by atoms with Crippen molar-refractivity contribution in [1.29, 1.82) is 0 Å². The van der Waals surface area contributed by atoms with Crippen molar-refractivity contribution in [3.63, 3.8) is 0 Å². The van der Waals surface area contributed by atoms with Crippen molar-refractivity contribution in [1.82, 2.24) is 5.32 Å². The van der Waals surface area contributed by atoms with E-state index in [9.17, 15) is 18.0 Å². The number of benzene rings is 1. The van der Waals surface area contributed by atoms with Crippen LogP contribution >= 0.6 is 0 Å². The Morgan fingerprint density at radius 2 is 2.00 bits per heavy atom. The van der Waals surface area contributed by atoms with Gasteiger partial charge in [0.05, 0.1) is 12.7 Å². The lowest BCUT2D eigenvalue weighted by Gasteiger charge is -2.10. The lowest BCUT2D eigenvalue weighted by atomic mass is 9.95. The van der Waals surface area contributed by atoms with Crippen LogP contribution in [-0.4, -0.2) is 18.6 Å². The van der Waals surface area contributed by atoms with Gasteiger partial charge in [-0.1, -0.05) is 13.8 Å². The van der Waals surface area contributed by atoms with Crippen LogP contribution in [0.2, 0.25) is 0 Å². The molecule has 0 spiro atoms.